The molecule has 29 heavy (non-hydrogen) atoms. The van der Waals surface area contributed by atoms with Crippen molar-refractivity contribution in [1.82, 2.24) is 15.3 Å². The largest absolute Gasteiger partial charge is 0.367 e. The molecule has 0 spiro atoms. The first-order valence-corrected chi connectivity index (χ1v) is 9.68. The van der Waals surface area contributed by atoms with E-state index in [0.29, 0.717) is 24.3 Å². The van der Waals surface area contributed by atoms with E-state index in [1.165, 1.54) is 18.5 Å². The van der Waals surface area contributed by atoms with Crippen LogP contribution in [0.1, 0.15) is 38.2 Å². The first-order chi connectivity index (χ1) is 13.7. The number of halogens is 4. The predicted molar refractivity (Wildman–Crippen MR) is 100 cm³/mol. The molecule has 1 aromatic carbocycles. The summed E-state index contributed by atoms with van der Waals surface area (Å²) in [5.74, 6) is -3.73. The van der Waals surface area contributed by atoms with Crippen LogP contribution < -0.4 is 10.2 Å². The zero-order chi connectivity index (χ0) is 20.8. The molecule has 1 amide bonds. The first kappa shape index (κ1) is 19.8. The maximum Gasteiger partial charge on any atom is 0.266 e. The molecule has 0 radical (unpaired) electrons. The third kappa shape index (κ3) is 4.13. The van der Waals surface area contributed by atoms with Crippen LogP contribution in [-0.4, -0.2) is 40.9 Å². The summed E-state index contributed by atoms with van der Waals surface area (Å²) in [7, 11) is 0. The van der Waals surface area contributed by atoms with Crippen LogP contribution in [0.15, 0.2) is 24.5 Å². The molecule has 4 rings (SSSR count). The van der Waals surface area contributed by atoms with Gasteiger partial charge in [0.2, 0.25) is 5.91 Å². The van der Waals surface area contributed by atoms with E-state index in [4.69, 9.17) is 0 Å². The van der Waals surface area contributed by atoms with E-state index in [0.717, 1.165) is 6.42 Å². The van der Waals surface area contributed by atoms with Crippen molar-refractivity contribution in [1.29, 1.82) is 0 Å². The summed E-state index contributed by atoms with van der Waals surface area (Å²) >= 11 is 0. The number of nitrogens with one attached hydrogen (secondary N) is 1. The van der Waals surface area contributed by atoms with Crippen molar-refractivity contribution in [3.05, 3.63) is 30.1 Å². The topological polar surface area (TPSA) is 58.1 Å². The zero-order valence-corrected chi connectivity index (χ0v) is 15.9. The molecule has 5 nitrogen and oxygen atoms in total. The van der Waals surface area contributed by atoms with Crippen LogP contribution >= 0.6 is 0 Å². The number of anilines is 1. The van der Waals surface area contributed by atoms with Crippen LogP contribution in [0.4, 0.5) is 23.2 Å². The van der Waals surface area contributed by atoms with E-state index >= 15 is 0 Å². The molecule has 2 aromatic rings. The van der Waals surface area contributed by atoms with Crippen molar-refractivity contribution in [2.45, 2.75) is 44.6 Å². The van der Waals surface area contributed by atoms with E-state index in [1.807, 2.05) is 11.8 Å². The quantitative estimate of drug-likeness (QED) is 0.759. The molecule has 2 heterocycles. The van der Waals surface area contributed by atoms with Crippen molar-refractivity contribution < 1.29 is 22.4 Å². The smallest absolute Gasteiger partial charge is 0.266 e. The Bertz CT molecular complexity index is 922. The molecule has 9 heteroatoms. The SMILES string of the molecule is C[C@H]1C[C@@H](NC(=O)CC2CC2(F)F)CN(c2ccc(C(F)F)c3nccnc23)C1. The van der Waals surface area contributed by atoms with Crippen LogP contribution in [0, 0.1) is 11.8 Å². The normalized spacial score (nSPS) is 26.0. The molecule has 1 aliphatic carbocycles. The van der Waals surface area contributed by atoms with E-state index in [-0.39, 0.29) is 41.8 Å². The Morgan fingerprint density at radius 2 is 1.93 bits per heavy atom. The minimum absolute atomic E-state index is 0.162. The number of rotatable bonds is 5. The van der Waals surface area contributed by atoms with Gasteiger partial charge in [-0.05, 0) is 24.5 Å². The molecular formula is C20H22F4N4O. The number of amides is 1. The molecule has 1 N–H and O–H groups in total. The summed E-state index contributed by atoms with van der Waals surface area (Å²) in [6.45, 7) is 3.16. The maximum atomic E-state index is 13.3. The summed E-state index contributed by atoms with van der Waals surface area (Å²) in [5, 5.41) is 2.87. The lowest BCUT2D eigenvalue weighted by Gasteiger charge is -2.38. The molecule has 1 saturated carbocycles. The maximum absolute atomic E-state index is 13.3. The number of hydrogen-bond acceptors (Lipinski definition) is 4. The zero-order valence-electron chi connectivity index (χ0n) is 15.9. The standard InChI is InChI=1S/C20H22F4N4O/c1-11-6-13(27-16(29)7-12-8-20(12,23)24)10-28(9-11)15-3-2-14(19(21)22)17-18(15)26-5-4-25-17/h2-5,11-13,19H,6-10H2,1H3,(H,27,29)/t11-,12?,13+/m0/s1. The number of carbonyl (C=O) groups excluding carboxylic acids is 1. The van der Waals surface area contributed by atoms with Crippen molar-refractivity contribution >= 4 is 22.6 Å². The number of aromatic nitrogens is 2. The Morgan fingerprint density at radius 3 is 2.59 bits per heavy atom. The van der Waals surface area contributed by atoms with E-state index in [2.05, 4.69) is 15.3 Å². The molecule has 1 unspecified atom stereocenters. The lowest BCUT2D eigenvalue weighted by atomic mass is 9.94. The second-order valence-corrected chi connectivity index (χ2v) is 8.10. The van der Waals surface area contributed by atoms with Gasteiger partial charge in [-0.3, -0.25) is 14.8 Å². The van der Waals surface area contributed by atoms with E-state index < -0.39 is 18.3 Å². The van der Waals surface area contributed by atoms with Crippen LogP contribution in [0.5, 0.6) is 0 Å². The summed E-state index contributed by atoms with van der Waals surface area (Å²) in [5.41, 5.74) is 1.06. The highest BCUT2D eigenvalue weighted by Crippen LogP contribution is 2.50. The summed E-state index contributed by atoms with van der Waals surface area (Å²) < 4.78 is 52.8. The molecule has 1 aromatic heterocycles. The molecule has 2 aliphatic rings. The Kier molecular flexibility index (Phi) is 5.08. The van der Waals surface area contributed by atoms with E-state index in [1.54, 1.807) is 6.07 Å². The van der Waals surface area contributed by atoms with Gasteiger partial charge in [0.1, 0.15) is 5.52 Å². The molecule has 156 valence electrons. The highest BCUT2D eigenvalue weighted by atomic mass is 19.3. The van der Waals surface area contributed by atoms with Gasteiger partial charge in [-0.2, -0.15) is 0 Å². The number of alkyl halides is 4. The molecular weight excluding hydrogens is 388 g/mol. The molecule has 3 atom stereocenters. The van der Waals surface area contributed by atoms with Gasteiger partial charge in [-0.15, -0.1) is 0 Å². The fraction of sp³-hybridized carbons (Fsp3) is 0.550. The lowest BCUT2D eigenvalue weighted by molar-refractivity contribution is -0.122. The predicted octanol–water partition coefficient (Wildman–Crippen LogP) is 3.94. The average Bonchev–Trinajstić information content (AvgIpc) is 3.25. The Morgan fingerprint density at radius 1 is 1.24 bits per heavy atom. The van der Waals surface area contributed by atoms with Gasteiger partial charge in [0.15, 0.2) is 0 Å². The number of piperidine rings is 1. The highest BCUT2D eigenvalue weighted by molar-refractivity contribution is 5.90. The fourth-order valence-corrected chi connectivity index (χ4v) is 4.15. The Balaban J connectivity index is 1.53. The number of hydrogen-bond donors (Lipinski definition) is 1. The number of carbonyl (C=O) groups is 1. The second-order valence-electron chi connectivity index (χ2n) is 8.10. The third-order valence-electron chi connectivity index (χ3n) is 5.62. The lowest BCUT2D eigenvalue weighted by Crippen LogP contribution is -2.50. The molecule has 2 fully saturated rings. The minimum Gasteiger partial charge on any atom is -0.367 e. The number of benzene rings is 1. The molecule has 1 saturated heterocycles. The van der Waals surface area contributed by atoms with Crippen molar-refractivity contribution in [2.24, 2.45) is 11.8 Å². The van der Waals surface area contributed by atoms with Gasteiger partial charge in [0.05, 0.1) is 11.2 Å². The van der Waals surface area contributed by atoms with Gasteiger partial charge in [-0.1, -0.05) is 6.92 Å². The van der Waals surface area contributed by atoms with Crippen LogP contribution in [0.25, 0.3) is 11.0 Å². The van der Waals surface area contributed by atoms with Crippen LogP contribution in [-0.2, 0) is 4.79 Å². The van der Waals surface area contributed by atoms with Crippen LogP contribution in [0.3, 0.4) is 0 Å². The van der Waals surface area contributed by atoms with Crippen molar-refractivity contribution in [2.75, 3.05) is 18.0 Å². The molecule has 1 aliphatic heterocycles. The van der Waals surface area contributed by atoms with E-state index in [9.17, 15) is 22.4 Å². The monoisotopic (exact) mass is 410 g/mol. The van der Waals surface area contributed by atoms with Gasteiger partial charge >= 0.3 is 0 Å². The minimum atomic E-state index is -2.72. The first-order valence-electron chi connectivity index (χ1n) is 9.68. The number of nitrogens with zero attached hydrogens (tertiary/aromatic N) is 3. The van der Waals surface area contributed by atoms with Crippen molar-refractivity contribution in [3.63, 3.8) is 0 Å². The highest BCUT2D eigenvalue weighted by Gasteiger charge is 2.57. The van der Waals surface area contributed by atoms with Gasteiger partial charge in [-0.25, -0.2) is 17.6 Å². The second kappa shape index (κ2) is 7.42. The molecule has 0 bridgehead atoms. The average molecular weight is 410 g/mol. The number of fused-ring (bicyclic) bond motifs is 1. The Labute approximate surface area is 165 Å². The fourth-order valence-electron chi connectivity index (χ4n) is 4.15. The van der Waals surface area contributed by atoms with Gasteiger partial charge in [0.25, 0.3) is 12.3 Å². The third-order valence-corrected chi connectivity index (χ3v) is 5.62. The van der Waals surface area contributed by atoms with Gasteiger partial charge in [0, 0.05) is 55.8 Å². The summed E-state index contributed by atoms with van der Waals surface area (Å²) in [4.78, 5) is 22.5. The Hall–Kier alpha value is -2.45. The van der Waals surface area contributed by atoms with Crippen LogP contribution in [0.2, 0.25) is 0 Å². The van der Waals surface area contributed by atoms with Gasteiger partial charge < -0.3 is 10.2 Å². The summed E-state index contributed by atoms with van der Waals surface area (Å²) in [6, 6.07) is 2.76. The van der Waals surface area contributed by atoms with Crippen molar-refractivity contribution in [3.8, 4) is 0 Å². The summed E-state index contributed by atoms with van der Waals surface area (Å²) in [6.07, 6.45) is 0.513.